The molecule has 8 heteroatoms. The molecule has 0 aliphatic carbocycles. The van der Waals surface area contributed by atoms with Crippen molar-refractivity contribution < 1.29 is 27.9 Å². The van der Waals surface area contributed by atoms with Crippen LogP contribution in [0.5, 0.6) is 0 Å². The lowest BCUT2D eigenvalue weighted by molar-refractivity contribution is -0.137. The summed E-state index contributed by atoms with van der Waals surface area (Å²) in [6.07, 6.45) is -4.45. The van der Waals surface area contributed by atoms with Crippen LogP contribution in [0.2, 0.25) is 0 Å². The van der Waals surface area contributed by atoms with E-state index in [-0.39, 0.29) is 18.5 Å². The highest BCUT2D eigenvalue weighted by Gasteiger charge is 2.27. The topological polar surface area (TPSA) is 78.4 Å². The average molecular weight is 290 g/mol. The van der Waals surface area contributed by atoms with Crippen LogP contribution >= 0.6 is 0 Å². The van der Waals surface area contributed by atoms with E-state index in [4.69, 9.17) is 5.11 Å². The standard InChI is InChI=1S/C12H13F3N2O3/c13-12(14,15)7-16-11(20)17-9-4-2-1-3-8(9)5-6-10(18)19/h1-4H,5-7H2,(H,18,19)(H2,16,17,20). The van der Waals surface area contributed by atoms with Gasteiger partial charge in [0, 0.05) is 12.1 Å². The number of hydrogen-bond acceptors (Lipinski definition) is 2. The van der Waals surface area contributed by atoms with Gasteiger partial charge < -0.3 is 15.7 Å². The number of aliphatic carboxylic acids is 1. The molecule has 0 unspecified atom stereocenters. The molecule has 0 bridgehead atoms. The van der Waals surface area contributed by atoms with Crippen LogP contribution in [0.15, 0.2) is 24.3 Å². The first kappa shape index (κ1) is 15.8. The zero-order valence-corrected chi connectivity index (χ0v) is 10.3. The number of amides is 2. The van der Waals surface area contributed by atoms with Crippen LogP contribution in [0.1, 0.15) is 12.0 Å². The highest BCUT2D eigenvalue weighted by atomic mass is 19.4. The van der Waals surface area contributed by atoms with Crippen molar-refractivity contribution in [3.05, 3.63) is 29.8 Å². The Labute approximate surface area is 112 Å². The number of nitrogens with one attached hydrogen (secondary N) is 2. The van der Waals surface area contributed by atoms with Gasteiger partial charge in [0.1, 0.15) is 6.54 Å². The highest BCUT2D eigenvalue weighted by Crippen LogP contribution is 2.17. The molecule has 0 atom stereocenters. The summed E-state index contributed by atoms with van der Waals surface area (Å²) in [5, 5.41) is 12.5. The average Bonchev–Trinajstić information content (AvgIpc) is 2.34. The second-order valence-corrected chi connectivity index (χ2v) is 3.97. The Balaban J connectivity index is 2.62. The van der Waals surface area contributed by atoms with Gasteiger partial charge in [-0.25, -0.2) is 4.79 Å². The summed E-state index contributed by atoms with van der Waals surface area (Å²) in [4.78, 5) is 21.8. The first-order valence-corrected chi connectivity index (χ1v) is 5.69. The number of hydrogen-bond donors (Lipinski definition) is 3. The van der Waals surface area contributed by atoms with Crippen molar-refractivity contribution in [1.29, 1.82) is 0 Å². The van der Waals surface area contributed by atoms with E-state index in [1.165, 1.54) is 6.07 Å². The van der Waals surface area contributed by atoms with Gasteiger partial charge in [0.15, 0.2) is 0 Å². The Hall–Kier alpha value is -2.25. The molecular weight excluding hydrogens is 277 g/mol. The molecule has 0 fully saturated rings. The summed E-state index contributed by atoms with van der Waals surface area (Å²) < 4.78 is 35.8. The molecule has 0 spiro atoms. The fourth-order valence-electron chi connectivity index (χ4n) is 1.45. The maximum Gasteiger partial charge on any atom is 0.405 e. The molecule has 3 N–H and O–H groups in total. The molecule has 0 aromatic heterocycles. The van der Waals surface area contributed by atoms with Crippen LogP contribution < -0.4 is 10.6 Å². The minimum absolute atomic E-state index is 0.136. The lowest BCUT2D eigenvalue weighted by Crippen LogP contribution is -2.36. The molecule has 0 aliphatic heterocycles. The molecule has 0 saturated carbocycles. The van der Waals surface area contributed by atoms with E-state index in [1.807, 2.05) is 0 Å². The molecule has 0 saturated heterocycles. The van der Waals surface area contributed by atoms with Crippen LogP contribution in [0, 0.1) is 0 Å². The summed E-state index contributed by atoms with van der Waals surface area (Å²) >= 11 is 0. The van der Waals surface area contributed by atoms with Crippen molar-refractivity contribution in [3.63, 3.8) is 0 Å². The largest absolute Gasteiger partial charge is 0.481 e. The lowest BCUT2D eigenvalue weighted by atomic mass is 10.1. The molecule has 110 valence electrons. The minimum Gasteiger partial charge on any atom is -0.481 e. The van der Waals surface area contributed by atoms with E-state index in [9.17, 15) is 22.8 Å². The molecule has 5 nitrogen and oxygen atoms in total. The molecule has 2 amide bonds. The third-order valence-electron chi connectivity index (χ3n) is 2.32. The molecule has 1 rings (SSSR count). The SMILES string of the molecule is O=C(O)CCc1ccccc1NC(=O)NCC(F)(F)F. The number of rotatable bonds is 5. The van der Waals surface area contributed by atoms with E-state index >= 15 is 0 Å². The smallest absolute Gasteiger partial charge is 0.405 e. The predicted molar refractivity (Wildman–Crippen MR) is 65.5 cm³/mol. The number of benzene rings is 1. The van der Waals surface area contributed by atoms with Gasteiger partial charge in [-0.15, -0.1) is 0 Å². The maximum atomic E-state index is 11.9. The third-order valence-corrected chi connectivity index (χ3v) is 2.32. The zero-order valence-electron chi connectivity index (χ0n) is 10.3. The van der Waals surface area contributed by atoms with Gasteiger partial charge in [0.2, 0.25) is 0 Å². The summed E-state index contributed by atoms with van der Waals surface area (Å²) in [6.45, 7) is -1.43. The summed E-state index contributed by atoms with van der Waals surface area (Å²) in [5.41, 5.74) is 0.825. The number of anilines is 1. The third kappa shape index (κ3) is 6.07. The molecule has 0 radical (unpaired) electrons. The van der Waals surface area contributed by atoms with Gasteiger partial charge in [-0.05, 0) is 18.1 Å². The molecular formula is C12H13F3N2O3. The van der Waals surface area contributed by atoms with Gasteiger partial charge in [0.05, 0.1) is 0 Å². The van der Waals surface area contributed by atoms with Crippen LogP contribution in [0.25, 0.3) is 0 Å². The van der Waals surface area contributed by atoms with Gasteiger partial charge in [0.25, 0.3) is 0 Å². The van der Waals surface area contributed by atoms with Crippen molar-refractivity contribution in [1.82, 2.24) is 5.32 Å². The number of urea groups is 1. The Kier molecular flexibility index (Phi) is 5.36. The van der Waals surface area contributed by atoms with Gasteiger partial charge in [-0.3, -0.25) is 4.79 Å². The number of para-hydroxylation sites is 1. The number of carboxylic acids is 1. The Morgan fingerprint density at radius 2 is 1.85 bits per heavy atom. The second-order valence-electron chi connectivity index (χ2n) is 3.97. The highest BCUT2D eigenvalue weighted by molar-refractivity contribution is 5.90. The number of carboxylic acid groups (broad SMARTS) is 1. The fraction of sp³-hybridized carbons (Fsp3) is 0.333. The van der Waals surface area contributed by atoms with E-state index in [0.717, 1.165) is 0 Å². The van der Waals surface area contributed by atoms with Gasteiger partial charge in [-0.2, -0.15) is 13.2 Å². The Bertz CT molecular complexity index is 489. The van der Waals surface area contributed by atoms with E-state index in [1.54, 1.807) is 23.5 Å². The van der Waals surface area contributed by atoms with E-state index < -0.39 is 24.7 Å². The van der Waals surface area contributed by atoms with Crippen molar-refractivity contribution in [2.24, 2.45) is 0 Å². The lowest BCUT2D eigenvalue weighted by Gasteiger charge is -2.12. The van der Waals surface area contributed by atoms with Crippen LogP contribution in [-0.4, -0.2) is 29.8 Å². The fourth-order valence-corrected chi connectivity index (χ4v) is 1.45. The van der Waals surface area contributed by atoms with Crippen molar-refractivity contribution >= 4 is 17.7 Å². The second kappa shape index (κ2) is 6.78. The van der Waals surface area contributed by atoms with Crippen LogP contribution in [0.3, 0.4) is 0 Å². The number of halogens is 3. The monoisotopic (exact) mass is 290 g/mol. The van der Waals surface area contributed by atoms with Crippen LogP contribution in [-0.2, 0) is 11.2 Å². The van der Waals surface area contributed by atoms with Gasteiger partial charge in [-0.1, -0.05) is 18.2 Å². The van der Waals surface area contributed by atoms with Crippen molar-refractivity contribution in [3.8, 4) is 0 Å². The first-order valence-electron chi connectivity index (χ1n) is 5.69. The number of carbonyl (C=O) groups is 2. The predicted octanol–water partition coefficient (Wildman–Crippen LogP) is 2.39. The molecule has 0 heterocycles. The number of aryl methyl sites for hydroxylation is 1. The van der Waals surface area contributed by atoms with Crippen molar-refractivity contribution in [2.45, 2.75) is 19.0 Å². The number of carbonyl (C=O) groups excluding carboxylic acids is 1. The first-order chi connectivity index (χ1) is 9.28. The molecule has 1 aromatic carbocycles. The molecule has 1 aromatic rings. The van der Waals surface area contributed by atoms with Gasteiger partial charge >= 0.3 is 18.2 Å². The maximum absolute atomic E-state index is 11.9. The number of alkyl halides is 3. The summed E-state index contributed by atoms with van der Waals surface area (Å²) in [6, 6.07) is 5.33. The minimum atomic E-state index is -4.49. The Morgan fingerprint density at radius 1 is 1.20 bits per heavy atom. The Morgan fingerprint density at radius 3 is 2.45 bits per heavy atom. The molecule has 20 heavy (non-hydrogen) atoms. The quantitative estimate of drug-likeness (QED) is 0.779. The normalized spacial score (nSPS) is 10.9. The summed E-state index contributed by atoms with van der Waals surface area (Å²) in [7, 11) is 0. The summed E-state index contributed by atoms with van der Waals surface area (Å²) in [5.74, 6) is -0.999. The molecule has 0 aliphatic rings. The van der Waals surface area contributed by atoms with Crippen LogP contribution in [0.4, 0.5) is 23.7 Å². The van der Waals surface area contributed by atoms with E-state index in [2.05, 4.69) is 5.32 Å². The van der Waals surface area contributed by atoms with E-state index in [0.29, 0.717) is 5.56 Å². The zero-order chi connectivity index (χ0) is 15.2. The van der Waals surface area contributed by atoms with Crippen molar-refractivity contribution in [2.75, 3.05) is 11.9 Å².